The molecule has 1 saturated heterocycles. The van der Waals surface area contributed by atoms with E-state index >= 15 is 0 Å². The van der Waals surface area contributed by atoms with E-state index in [1.54, 1.807) is 11.0 Å². The van der Waals surface area contributed by atoms with Gasteiger partial charge in [0, 0.05) is 31.6 Å². The average Bonchev–Trinajstić information content (AvgIpc) is 2.54. The van der Waals surface area contributed by atoms with Crippen molar-refractivity contribution in [2.75, 3.05) is 19.6 Å². The molecule has 0 radical (unpaired) electrons. The largest absolute Gasteiger partial charge is 0.368 e. The van der Waals surface area contributed by atoms with Crippen LogP contribution in [0.25, 0.3) is 0 Å². The molecule has 7 nitrogen and oxygen atoms in total. The van der Waals surface area contributed by atoms with Crippen LogP contribution in [0.15, 0.2) is 24.3 Å². The van der Waals surface area contributed by atoms with Crippen molar-refractivity contribution in [2.45, 2.75) is 25.4 Å². The predicted octanol–water partition coefficient (Wildman–Crippen LogP) is 0.615. The van der Waals surface area contributed by atoms with Crippen LogP contribution >= 0.6 is 24.0 Å². The maximum Gasteiger partial charge on any atom is 0.240 e. The molecule has 2 atom stereocenters. The lowest BCUT2D eigenvalue weighted by atomic mass is 10.0. The predicted molar refractivity (Wildman–Crippen MR) is 97.4 cm³/mol. The number of hydrogen-bond donors (Lipinski definition) is 3. The Balaban J connectivity index is 0.00000312. The Labute approximate surface area is 157 Å². The molecule has 0 aliphatic carbocycles. The summed E-state index contributed by atoms with van der Waals surface area (Å²) in [6.07, 6.45) is -0.171. The smallest absolute Gasteiger partial charge is 0.240 e. The quantitative estimate of drug-likeness (QED) is 0.687. The Morgan fingerprint density at radius 2 is 2.08 bits per heavy atom. The van der Waals surface area contributed by atoms with Gasteiger partial charge in [0.25, 0.3) is 0 Å². The van der Waals surface area contributed by atoms with Crippen LogP contribution in [0.5, 0.6) is 0 Å². The van der Waals surface area contributed by atoms with Crippen LogP contribution in [-0.4, -0.2) is 48.3 Å². The Bertz CT molecular complexity index is 642. The van der Waals surface area contributed by atoms with Gasteiger partial charge in [-0.2, -0.15) is 0 Å². The van der Waals surface area contributed by atoms with Crippen LogP contribution in [-0.2, 0) is 14.4 Å². The minimum absolute atomic E-state index is 0. The molecule has 1 aliphatic heterocycles. The van der Waals surface area contributed by atoms with Crippen LogP contribution < -0.4 is 16.4 Å². The van der Waals surface area contributed by atoms with Crippen LogP contribution in [0.2, 0.25) is 5.02 Å². The molecule has 2 rings (SSSR count). The molecule has 0 bridgehead atoms. The first kappa shape index (κ1) is 21.2. The lowest BCUT2D eigenvalue weighted by molar-refractivity contribution is -0.137. The number of nitrogens with zero attached hydrogens (tertiary/aromatic N) is 1. The number of carbonyl (C=O) groups is 3. The maximum absolute atomic E-state index is 12.7. The summed E-state index contributed by atoms with van der Waals surface area (Å²) in [5, 5.41) is 6.23. The van der Waals surface area contributed by atoms with Gasteiger partial charge in [0.05, 0.1) is 12.5 Å². The molecular weight excluding hydrogens is 367 g/mol. The topological polar surface area (TPSA) is 105 Å². The van der Waals surface area contributed by atoms with E-state index in [-0.39, 0.29) is 30.8 Å². The SMILES string of the molecule is CC(=O)N[C@@H](CC(=O)N1CCNCC1c1ccccc1Cl)C(N)=O.Cl. The number of benzene rings is 1. The van der Waals surface area contributed by atoms with E-state index in [9.17, 15) is 14.4 Å². The van der Waals surface area contributed by atoms with Crippen LogP contribution in [0, 0.1) is 0 Å². The number of carbonyl (C=O) groups excluding carboxylic acids is 3. The highest BCUT2D eigenvalue weighted by molar-refractivity contribution is 6.31. The monoisotopic (exact) mass is 388 g/mol. The Morgan fingerprint density at radius 3 is 2.68 bits per heavy atom. The van der Waals surface area contributed by atoms with Crippen LogP contribution in [0.4, 0.5) is 0 Å². The molecule has 9 heteroatoms. The summed E-state index contributed by atoms with van der Waals surface area (Å²) in [7, 11) is 0. The Morgan fingerprint density at radius 1 is 1.40 bits per heavy atom. The fraction of sp³-hybridized carbons (Fsp3) is 0.438. The first-order chi connectivity index (χ1) is 11.4. The second-order valence-electron chi connectivity index (χ2n) is 5.69. The van der Waals surface area contributed by atoms with Crippen molar-refractivity contribution in [3.8, 4) is 0 Å². The highest BCUT2D eigenvalue weighted by Crippen LogP contribution is 2.29. The highest BCUT2D eigenvalue weighted by atomic mass is 35.5. The molecule has 1 aliphatic rings. The molecule has 0 spiro atoms. The molecule has 1 fully saturated rings. The molecule has 1 heterocycles. The van der Waals surface area contributed by atoms with E-state index in [2.05, 4.69) is 10.6 Å². The number of rotatable bonds is 5. The summed E-state index contributed by atoms with van der Waals surface area (Å²) in [5.74, 6) is -1.39. The molecule has 3 amide bonds. The summed E-state index contributed by atoms with van der Waals surface area (Å²) in [4.78, 5) is 37.0. The third-order valence-electron chi connectivity index (χ3n) is 3.93. The van der Waals surface area contributed by atoms with Gasteiger partial charge in [-0.05, 0) is 11.6 Å². The standard InChI is InChI=1S/C16H21ClN4O3.ClH/c1-10(22)20-13(16(18)24)8-15(23)21-7-6-19-9-14(21)11-4-2-3-5-12(11)17;/h2-5,13-14,19H,6-9H2,1H3,(H2,18,24)(H,20,22);1H/t13-,14?;/m0./s1. The second-order valence-corrected chi connectivity index (χ2v) is 6.10. The van der Waals surface area contributed by atoms with E-state index in [1.165, 1.54) is 6.92 Å². The number of nitrogens with two attached hydrogens (primary N) is 1. The van der Waals surface area contributed by atoms with Gasteiger partial charge in [-0.25, -0.2) is 0 Å². The normalized spacial score (nSPS) is 18.0. The number of halogens is 2. The summed E-state index contributed by atoms with van der Waals surface area (Å²) in [5.41, 5.74) is 6.12. The Kier molecular flexibility index (Phi) is 8.15. The van der Waals surface area contributed by atoms with Gasteiger partial charge in [0.2, 0.25) is 17.7 Å². The molecule has 1 aromatic rings. The minimum atomic E-state index is -1.02. The van der Waals surface area contributed by atoms with E-state index in [1.807, 2.05) is 18.2 Å². The van der Waals surface area contributed by atoms with Crippen molar-refractivity contribution in [1.29, 1.82) is 0 Å². The van der Waals surface area contributed by atoms with E-state index in [4.69, 9.17) is 17.3 Å². The minimum Gasteiger partial charge on any atom is -0.368 e. The van der Waals surface area contributed by atoms with Gasteiger partial charge >= 0.3 is 0 Å². The zero-order valence-electron chi connectivity index (χ0n) is 13.8. The lowest BCUT2D eigenvalue weighted by Crippen LogP contribution is -2.52. The molecule has 0 saturated carbocycles. The van der Waals surface area contributed by atoms with Crippen LogP contribution in [0.1, 0.15) is 24.9 Å². The lowest BCUT2D eigenvalue weighted by Gasteiger charge is -2.37. The molecule has 1 aromatic carbocycles. The van der Waals surface area contributed by atoms with E-state index in [0.29, 0.717) is 24.7 Å². The van der Waals surface area contributed by atoms with E-state index in [0.717, 1.165) is 5.56 Å². The fourth-order valence-electron chi connectivity index (χ4n) is 2.79. The third kappa shape index (κ3) is 5.59. The van der Waals surface area contributed by atoms with Crippen molar-refractivity contribution in [2.24, 2.45) is 5.73 Å². The average molecular weight is 389 g/mol. The number of primary amides is 1. The third-order valence-corrected chi connectivity index (χ3v) is 4.27. The molecule has 25 heavy (non-hydrogen) atoms. The van der Waals surface area contributed by atoms with Gasteiger partial charge in [-0.1, -0.05) is 29.8 Å². The van der Waals surface area contributed by atoms with Gasteiger partial charge in [-0.15, -0.1) is 12.4 Å². The zero-order chi connectivity index (χ0) is 17.7. The molecular formula is C16H22Cl2N4O3. The summed E-state index contributed by atoms with van der Waals surface area (Å²) in [6, 6.07) is 6.09. The first-order valence-electron chi connectivity index (χ1n) is 7.71. The van der Waals surface area contributed by atoms with Gasteiger partial charge in [0.1, 0.15) is 6.04 Å². The molecule has 0 aromatic heterocycles. The van der Waals surface area contributed by atoms with Crippen molar-refractivity contribution in [3.63, 3.8) is 0 Å². The number of nitrogens with one attached hydrogen (secondary N) is 2. The number of hydrogen-bond acceptors (Lipinski definition) is 4. The summed E-state index contributed by atoms with van der Waals surface area (Å²) >= 11 is 6.26. The summed E-state index contributed by atoms with van der Waals surface area (Å²) < 4.78 is 0. The maximum atomic E-state index is 12.7. The zero-order valence-corrected chi connectivity index (χ0v) is 15.4. The van der Waals surface area contributed by atoms with Crippen LogP contribution in [0.3, 0.4) is 0 Å². The van der Waals surface area contributed by atoms with Crippen molar-refractivity contribution in [3.05, 3.63) is 34.9 Å². The first-order valence-corrected chi connectivity index (χ1v) is 8.09. The summed E-state index contributed by atoms with van der Waals surface area (Å²) in [6.45, 7) is 2.98. The van der Waals surface area contributed by atoms with Gasteiger partial charge in [0.15, 0.2) is 0 Å². The van der Waals surface area contributed by atoms with Crippen molar-refractivity contribution in [1.82, 2.24) is 15.5 Å². The van der Waals surface area contributed by atoms with Crippen molar-refractivity contribution < 1.29 is 14.4 Å². The Hall–Kier alpha value is -1.83. The number of amides is 3. The molecule has 1 unspecified atom stereocenters. The van der Waals surface area contributed by atoms with Gasteiger partial charge in [-0.3, -0.25) is 14.4 Å². The molecule has 138 valence electrons. The van der Waals surface area contributed by atoms with E-state index < -0.39 is 17.9 Å². The van der Waals surface area contributed by atoms with Gasteiger partial charge < -0.3 is 21.3 Å². The number of piperazine rings is 1. The van der Waals surface area contributed by atoms with Crippen molar-refractivity contribution >= 4 is 41.7 Å². The molecule has 4 N–H and O–H groups in total. The second kappa shape index (κ2) is 9.60. The fourth-order valence-corrected chi connectivity index (χ4v) is 3.05. The highest BCUT2D eigenvalue weighted by Gasteiger charge is 2.31.